The molecule has 1 heterocycles. The highest BCUT2D eigenvalue weighted by atomic mass is 32.1. The van der Waals surface area contributed by atoms with E-state index in [9.17, 15) is 4.79 Å². The van der Waals surface area contributed by atoms with Crippen molar-refractivity contribution in [1.82, 2.24) is 4.98 Å². The molecule has 0 radical (unpaired) electrons. The largest absolute Gasteiger partial charge is 0.299 e. The fraction of sp³-hybridized carbons (Fsp3) is 0.667. The molecule has 1 atom stereocenters. The number of hydrogen-bond donors (Lipinski definition) is 0. The van der Waals surface area contributed by atoms with E-state index in [1.165, 1.54) is 4.88 Å². The lowest BCUT2D eigenvalue weighted by atomic mass is 9.99. The summed E-state index contributed by atoms with van der Waals surface area (Å²) in [5.74, 6) is 0.505. The lowest BCUT2D eigenvalue weighted by Crippen LogP contribution is -2.13. The summed E-state index contributed by atoms with van der Waals surface area (Å²) < 4.78 is 0. The van der Waals surface area contributed by atoms with E-state index in [-0.39, 0.29) is 5.92 Å². The van der Waals surface area contributed by atoms with Gasteiger partial charge in [0.2, 0.25) is 0 Å². The van der Waals surface area contributed by atoms with Gasteiger partial charge in [-0.3, -0.25) is 4.79 Å². The van der Waals surface area contributed by atoms with Gasteiger partial charge in [0.05, 0.1) is 12.1 Å². The lowest BCUT2D eigenvalue weighted by Gasteiger charge is -2.06. The van der Waals surface area contributed by atoms with Crippen LogP contribution in [0.3, 0.4) is 0 Å². The number of carbonyl (C=O) groups is 1. The van der Waals surface area contributed by atoms with Crippen molar-refractivity contribution in [3.8, 4) is 0 Å². The monoisotopic (exact) mass is 225 g/mol. The number of thiazole rings is 1. The summed E-state index contributed by atoms with van der Waals surface area (Å²) >= 11 is 1.65. The Balaban J connectivity index is 2.58. The van der Waals surface area contributed by atoms with Crippen LogP contribution in [-0.4, -0.2) is 10.8 Å². The molecule has 0 saturated carbocycles. The molecule has 2 nitrogen and oxygen atoms in total. The second-order valence-corrected chi connectivity index (χ2v) is 5.37. The second kappa shape index (κ2) is 5.40. The number of rotatable bonds is 5. The van der Waals surface area contributed by atoms with Crippen LogP contribution in [0, 0.1) is 19.8 Å². The van der Waals surface area contributed by atoms with Gasteiger partial charge < -0.3 is 0 Å². The number of ketones is 1. The normalized spacial score (nSPS) is 12.8. The molecular formula is C12H19NOS. The maximum atomic E-state index is 11.8. The van der Waals surface area contributed by atoms with Crippen LogP contribution in [0.15, 0.2) is 0 Å². The van der Waals surface area contributed by atoms with Gasteiger partial charge in [0.25, 0.3) is 0 Å². The quantitative estimate of drug-likeness (QED) is 0.769. The molecular weight excluding hydrogens is 206 g/mol. The number of Topliss-reactive ketones (excluding diaryl/α,β-unsaturated/α-hetero) is 1. The molecule has 1 aromatic rings. The van der Waals surface area contributed by atoms with Crippen molar-refractivity contribution in [2.75, 3.05) is 0 Å². The molecule has 3 heteroatoms. The summed E-state index contributed by atoms with van der Waals surface area (Å²) in [7, 11) is 0. The maximum absolute atomic E-state index is 11.8. The van der Waals surface area contributed by atoms with Crippen LogP contribution < -0.4 is 0 Å². The Morgan fingerprint density at radius 3 is 2.60 bits per heavy atom. The Morgan fingerprint density at radius 2 is 2.13 bits per heavy atom. The zero-order chi connectivity index (χ0) is 11.4. The Labute approximate surface area is 95.7 Å². The molecule has 15 heavy (non-hydrogen) atoms. The second-order valence-electron chi connectivity index (χ2n) is 4.08. The SMILES string of the molecule is CCCC(C)C(=O)Cc1nc(C)c(C)s1. The smallest absolute Gasteiger partial charge is 0.142 e. The van der Waals surface area contributed by atoms with Gasteiger partial charge >= 0.3 is 0 Å². The Bertz CT molecular complexity index is 324. The van der Waals surface area contributed by atoms with E-state index < -0.39 is 0 Å². The predicted octanol–water partition coefficient (Wildman–Crippen LogP) is 3.31. The van der Waals surface area contributed by atoms with E-state index in [4.69, 9.17) is 0 Å². The third-order valence-electron chi connectivity index (χ3n) is 2.67. The van der Waals surface area contributed by atoms with E-state index in [2.05, 4.69) is 18.8 Å². The molecule has 0 N–H and O–H groups in total. The average molecular weight is 225 g/mol. The first-order valence-corrected chi connectivity index (χ1v) is 6.31. The summed E-state index contributed by atoms with van der Waals surface area (Å²) in [6, 6.07) is 0. The first-order valence-electron chi connectivity index (χ1n) is 5.50. The zero-order valence-corrected chi connectivity index (χ0v) is 10.8. The minimum Gasteiger partial charge on any atom is -0.299 e. The molecule has 1 unspecified atom stereocenters. The Hall–Kier alpha value is -0.700. The number of hydrogen-bond acceptors (Lipinski definition) is 3. The average Bonchev–Trinajstić information content (AvgIpc) is 2.46. The third kappa shape index (κ3) is 3.42. The molecule has 0 spiro atoms. The summed E-state index contributed by atoms with van der Waals surface area (Å²) in [6.07, 6.45) is 2.57. The Morgan fingerprint density at radius 1 is 1.47 bits per heavy atom. The minimum absolute atomic E-state index is 0.180. The van der Waals surface area contributed by atoms with Gasteiger partial charge in [-0.05, 0) is 20.3 Å². The van der Waals surface area contributed by atoms with Gasteiger partial charge in [-0.2, -0.15) is 0 Å². The first kappa shape index (κ1) is 12.4. The predicted molar refractivity (Wildman–Crippen MR) is 64.4 cm³/mol. The van der Waals surface area contributed by atoms with Crippen LogP contribution in [0.5, 0.6) is 0 Å². The molecule has 0 aromatic carbocycles. The summed E-state index contributed by atoms with van der Waals surface area (Å²) in [6.45, 7) is 8.17. The van der Waals surface area contributed by atoms with Gasteiger partial charge in [0, 0.05) is 10.8 Å². The van der Waals surface area contributed by atoms with Crippen molar-refractivity contribution >= 4 is 17.1 Å². The molecule has 1 aromatic heterocycles. The highest BCUT2D eigenvalue weighted by Gasteiger charge is 2.14. The van der Waals surface area contributed by atoms with Gasteiger partial charge in [0.15, 0.2) is 0 Å². The summed E-state index contributed by atoms with van der Waals surface area (Å²) in [5, 5.41) is 0.970. The molecule has 1 rings (SSSR count). The van der Waals surface area contributed by atoms with Gasteiger partial charge in [-0.15, -0.1) is 11.3 Å². The van der Waals surface area contributed by atoms with Crippen LogP contribution in [0.25, 0.3) is 0 Å². The van der Waals surface area contributed by atoms with Crippen molar-refractivity contribution < 1.29 is 4.79 Å². The van der Waals surface area contributed by atoms with E-state index in [1.807, 2.05) is 13.8 Å². The van der Waals surface area contributed by atoms with Gasteiger partial charge in [0.1, 0.15) is 10.8 Å². The van der Waals surface area contributed by atoms with Crippen LogP contribution in [0.1, 0.15) is 42.3 Å². The molecule has 0 saturated heterocycles. The molecule has 0 amide bonds. The van der Waals surface area contributed by atoms with Crippen molar-refractivity contribution in [1.29, 1.82) is 0 Å². The number of carbonyl (C=O) groups excluding carboxylic acids is 1. The highest BCUT2D eigenvalue weighted by Crippen LogP contribution is 2.19. The van der Waals surface area contributed by atoms with Crippen molar-refractivity contribution in [2.45, 2.75) is 47.0 Å². The van der Waals surface area contributed by atoms with Crippen LogP contribution >= 0.6 is 11.3 Å². The fourth-order valence-electron chi connectivity index (χ4n) is 1.53. The van der Waals surface area contributed by atoms with Crippen LogP contribution in [0.2, 0.25) is 0 Å². The molecule has 0 bridgehead atoms. The fourth-order valence-corrected chi connectivity index (χ4v) is 2.48. The van der Waals surface area contributed by atoms with E-state index in [0.29, 0.717) is 12.2 Å². The van der Waals surface area contributed by atoms with E-state index in [1.54, 1.807) is 11.3 Å². The first-order chi connectivity index (χ1) is 7.04. The molecule has 0 fully saturated rings. The molecule has 0 aliphatic carbocycles. The molecule has 84 valence electrons. The molecule has 0 aliphatic heterocycles. The summed E-state index contributed by atoms with van der Waals surface area (Å²) in [4.78, 5) is 17.4. The van der Waals surface area contributed by atoms with Gasteiger partial charge in [-0.1, -0.05) is 20.3 Å². The van der Waals surface area contributed by atoms with Crippen LogP contribution in [0.4, 0.5) is 0 Å². The lowest BCUT2D eigenvalue weighted by molar-refractivity contribution is -0.121. The maximum Gasteiger partial charge on any atom is 0.142 e. The van der Waals surface area contributed by atoms with Crippen molar-refractivity contribution in [3.63, 3.8) is 0 Å². The van der Waals surface area contributed by atoms with Crippen LogP contribution in [-0.2, 0) is 11.2 Å². The minimum atomic E-state index is 0.180. The number of aryl methyl sites for hydroxylation is 2. The number of aromatic nitrogens is 1. The topological polar surface area (TPSA) is 30.0 Å². The van der Waals surface area contributed by atoms with E-state index in [0.717, 1.165) is 23.5 Å². The van der Waals surface area contributed by atoms with Crippen molar-refractivity contribution in [2.24, 2.45) is 5.92 Å². The number of nitrogens with zero attached hydrogens (tertiary/aromatic N) is 1. The van der Waals surface area contributed by atoms with E-state index >= 15 is 0 Å². The standard InChI is InChI=1S/C12H19NOS/c1-5-6-8(2)11(14)7-12-13-9(3)10(4)15-12/h8H,5-7H2,1-4H3. The van der Waals surface area contributed by atoms with Gasteiger partial charge in [-0.25, -0.2) is 4.98 Å². The zero-order valence-electron chi connectivity index (χ0n) is 9.96. The summed E-state index contributed by atoms with van der Waals surface area (Å²) in [5.41, 5.74) is 1.06. The highest BCUT2D eigenvalue weighted by molar-refractivity contribution is 7.11. The van der Waals surface area contributed by atoms with Crippen molar-refractivity contribution in [3.05, 3.63) is 15.6 Å². The molecule has 0 aliphatic rings. The third-order valence-corrected chi connectivity index (χ3v) is 3.74. The Kier molecular flexibility index (Phi) is 4.45.